The number of ether oxygens (including phenoxy) is 1. The van der Waals surface area contributed by atoms with Gasteiger partial charge in [-0.3, -0.25) is 0 Å². The molecule has 27 heavy (non-hydrogen) atoms. The molecule has 0 aliphatic carbocycles. The Balaban J connectivity index is 2.04. The van der Waals surface area contributed by atoms with Crippen LogP contribution in [0.15, 0.2) is 24.3 Å². The Hall–Kier alpha value is -2.11. The van der Waals surface area contributed by atoms with Gasteiger partial charge >= 0.3 is 6.09 Å². The van der Waals surface area contributed by atoms with E-state index in [4.69, 9.17) is 10.00 Å². The zero-order chi connectivity index (χ0) is 20.2. The normalized spacial score (nSPS) is 18.2. The van der Waals surface area contributed by atoms with Gasteiger partial charge in [0.15, 0.2) is 0 Å². The molecule has 7 nitrogen and oxygen atoms in total. The number of benzene rings is 1. The number of hydrogen-bond donors (Lipinski definition) is 0. The van der Waals surface area contributed by atoms with Gasteiger partial charge in [-0.05, 0) is 51.3 Å². The number of carbonyl (C=O) groups excluding carboxylic acids is 1. The van der Waals surface area contributed by atoms with Gasteiger partial charge in [-0.1, -0.05) is 12.1 Å². The van der Waals surface area contributed by atoms with E-state index >= 15 is 0 Å². The van der Waals surface area contributed by atoms with Crippen LogP contribution < -0.4 is 0 Å². The summed E-state index contributed by atoms with van der Waals surface area (Å²) in [6.07, 6.45) is 1.01. The van der Waals surface area contributed by atoms with Crippen LogP contribution in [0.3, 0.4) is 0 Å². The maximum Gasteiger partial charge on any atom is 0.410 e. The second kappa shape index (κ2) is 8.28. The molecular weight excluding hydrogens is 366 g/mol. The van der Waals surface area contributed by atoms with E-state index in [-0.39, 0.29) is 11.8 Å². The van der Waals surface area contributed by atoms with E-state index in [1.165, 1.54) is 4.31 Å². The average Bonchev–Trinajstić information content (AvgIpc) is 2.60. The molecule has 1 atom stereocenters. The van der Waals surface area contributed by atoms with E-state index in [0.29, 0.717) is 30.6 Å². The molecule has 1 saturated heterocycles. The summed E-state index contributed by atoms with van der Waals surface area (Å²) in [5.74, 6) is -0.141. The first-order valence-corrected chi connectivity index (χ1v) is 10.6. The molecule has 0 bridgehead atoms. The standard InChI is InChI=1S/C19H27N3O4S/c1-19(2,3)26-18(23)22-11-5-6-17(13-22)21(4)27(24,25)14-16-9-7-15(12-20)8-10-16/h7-10,17H,5-6,11,13-14H2,1-4H3/t17-/m1/s1. The van der Waals surface area contributed by atoms with E-state index in [1.807, 2.05) is 6.07 Å². The maximum atomic E-state index is 12.8. The van der Waals surface area contributed by atoms with Crippen molar-refractivity contribution in [2.75, 3.05) is 20.1 Å². The molecule has 1 fully saturated rings. The van der Waals surface area contributed by atoms with Crippen molar-refractivity contribution in [2.45, 2.75) is 51.0 Å². The average molecular weight is 394 g/mol. The summed E-state index contributed by atoms with van der Waals surface area (Å²) >= 11 is 0. The number of nitrogens with zero attached hydrogens (tertiary/aromatic N) is 3. The number of likely N-dealkylation sites (N-methyl/N-ethyl adjacent to an activating group) is 1. The van der Waals surface area contributed by atoms with E-state index in [0.717, 1.165) is 6.42 Å². The number of likely N-dealkylation sites (tertiary alicyclic amines) is 1. The minimum Gasteiger partial charge on any atom is -0.444 e. The molecule has 1 heterocycles. The predicted octanol–water partition coefficient (Wildman–Crippen LogP) is 2.72. The SMILES string of the molecule is CN([C@@H]1CCCN(C(=O)OC(C)(C)C)C1)S(=O)(=O)Cc1ccc(C#N)cc1. The molecule has 1 amide bonds. The Bertz CT molecular complexity index is 807. The van der Waals surface area contributed by atoms with Crippen molar-refractivity contribution in [3.63, 3.8) is 0 Å². The molecule has 148 valence electrons. The van der Waals surface area contributed by atoms with Crippen LogP contribution in [0.5, 0.6) is 0 Å². The second-order valence-electron chi connectivity index (χ2n) is 7.80. The zero-order valence-electron chi connectivity index (χ0n) is 16.3. The van der Waals surface area contributed by atoms with Crippen molar-refractivity contribution >= 4 is 16.1 Å². The summed E-state index contributed by atoms with van der Waals surface area (Å²) in [7, 11) is -1.99. The fourth-order valence-electron chi connectivity index (χ4n) is 2.96. The van der Waals surface area contributed by atoms with Crippen molar-refractivity contribution in [1.29, 1.82) is 5.26 Å². The first-order chi connectivity index (χ1) is 12.5. The molecule has 1 aliphatic heterocycles. The highest BCUT2D eigenvalue weighted by molar-refractivity contribution is 7.88. The number of piperidine rings is 1. The minimum absolute atomic E-state index is 0.141. The number of nitriles is 1. The van der Waals surface area contributed by atoms with Gasteiger partial charge in [-0.25, -0.2) is 13.2 Å². The Morgan fingerprint density at radius 3 is 2.52 bits per heavy atom. The molecule has 0 radical (unpaired) electrons. The second-order valence-corrected chi connectivity index (χ2v) is 9.83. The molecule has 2 rings (SSSR count). The smallest absolute Gasteiger partial charge is 0.410 e. The maximum absolute atomic E-state index is 12.8. The summed E-state index contributed by atoms with van der Waals surface area (Å²) in [6, 6.07) is 8.25. The van der Waals surface area contributed by atoms with Crippen LogP contribution in [0.25, 0.3) is 0 Å². The lowest BCUT2D eigenvalue weighted by atomic mass is 10.1. The summed E-state index contributed by atoms with van der Waals surface area (Å²) in [5.41, 5.74) is 0.530. The highest BCUT2D eigenvalue weighted by Gasteiger charge is 2.33. The summed E-state index contributed by atoms with van der Waals surface area (Å²) < 4.78 is 32.3. The molecular formula is C19H27N3O4S. The third kappa shape index (κ3) is 5.94. The number of rotatable bonds is 4. The van der Waals surface area contributed by atoms with Crippen LogP contribution in [0.1, 0.15) is 44.7 Å². The molecule has 0 aromatic heterocycles. The van der Waals surface area contributed by atoms with Gasteiger partial charge in [0.2, 0.25) is 10.0 Å². The van der Waals surface area contributed by atoms with Crippen molar-refractivity contribution in [1.82, 2.24) is 9.21 Å². The van der Waals surface area contributed by atoms with Crippen molar-refractivity contribution in [3.05, 3.63) is 35.4 Å². The molecule has 0 saturated carbocycles. The van der Waals surface area contributed by atoms with Crippen LogP contribution in [0, 0.1) is 11.3 Å². The zero-order valence-corrected chi connectivity index (χ0v) is 17.1. The Kier molecular flexibility index (Phi) is 6.50. The molecule has 1 aromatic carbocycles. The summed E-state index contributed by atoms with van der Waals surface area (Å²) in [5, 5.41) is 8.84. The van der Waals surface area contributed by atoms with Crippen LogP contribution in [0.2, 0.25) is 0 Å². The molecule has 8 heteroatoms. The van der Waals surface area contributed by atoms with E-state index in [1.54, 1.807) is 57.0 Å². The lowest BCUT2D eigenvalue weighted by molar-refractivity contribution is 0.0163. The summed E-state index contributed by atoms with van der Waals surface area (Å²) in [4.78, 5) is 13.9. The largest absolute Gasteiger partial charge is 0.444 e. The minimum atomic E-state index is -3.55. The number of carbonyl (C=O) groups is 1. The molecule has 1 aromatic rings. The van der Waals surface area contributed by atoms with Crippen LogP contribution in [-0.4, -0.2) is 55.5 Å². The van der Waals surface area contributed by atoms with Crippen LogP contribution in [-0.2, 0) is 20.5 Å². The first kappa shape index (κ1) is 21.2. The van der Waals surface area contributed by atoms with Gasteiger partial charge in [0, 0.05) is 26.2 Å². The lowest BCUT2D eigenvalue weighted by Crippen LogP contribution is -2.51. The van der Waals surface area contributed by atoms with Gasteiger partial charge in [-0.15, -0.1) is 0 Å². The van der Waals surface area contributed by atoms with Crippen molar-refractivity contribution in [3.8, 4) is 6.07 Å². The quantitative estimate of drug-likeness (QED) is 0.784. The topological polar surface area (TPSA) is 90.7 Å². The van der Waals surface area contributed by atoms with Gasteiger partial charge in [0.25, 0.3) is 0 Å². The Labute approximate surface area is 161 Å². The van der Waals surface area contributed by atoms with Crippen LogP contribution in [0.4, 0.5) is 4.79 Å². The van der Waals surface area contributed by atoms with Gasteiger partial charge in [-0.2, -0.15) is 9.57 Å². The van der Waals surface area contributed by atoms with E-state index in [2.05, 4.69) is 0 Å². The van der Waals surface area contributed by atoms with Crippen LogP contribution >= 0.6 is 0 Å². The summed E-state index contributed by atoms with van der Waals surface area (Å²) in [6.45, 7) is 6.30. The molecule has 0 N–H and O–H groups in total. The Morgan fingerprint density at radius 2 is 1.96 bits per heavy atom. The van der Waals surface area contributed by atoms with E-state index in [9.17, 15) is 13.2 Å². The first-order valence-electron chi connectivity index (χ1n) is 8.94. The number of hydrogen-bond acceptors (Lipinski definition) is 5. The number of amides is 1. The fourth-order valence-corrected chi connectivity index (χ4v) is 4.40. The molecule has 1 aliphatic rings. The lowest BCUT2D eigenvalue weighted by Gasteiger charge is -2.37. The third-order valence-corrected chi connectivity index (χ3v) is 6.31. The Morgan fingerprint density at radius 1 is 1.33 bits per heavy atom. The fraction of sp³-hybridized carbons (Fsp3) is 0.579. The van der Waals surface area contributed by atoms with Crippen molar-refractivity contribution in [2.24, 2.45) is 0 Å². The predicted molar refractivity (Wildman–Crippen MR) is 102 cm³/mol. The van der Waals surface area contributed by atoms with Gasteiger partial charge in [0.1, 0.15) is 5.60 Å². The molecule has 0 unspecified atom stereocenters. The highest BCUT2D eigenvalue weighted by atomic mass is 32.2. The molecule has 0 spiro atoms. The number of sulfonamides is 1. The third-order valence-electron chi connectivity index (χ3n) is 4.43. The monoisotopic (exact) mass is 393 g/mol. The van der Waals surface area contributed by atoms with Gasteiger partial charge < -0.3 is 9.64 Å². The van der Waals surface area contributed by atoms with Crippen molar-refractivity contribution < 1.29 is 17.9 Å². The van der Waals surface area contributed by atoms with Gasteiger partial charge in [0.05, 0.1) is 17.4 Å². The highest BCUT2D eigenvalue weighted by Crippen LogP contribution is 2.21. The van der Waals surface area contributed by atoms with E-state index < -0.39 is 21.7 Å².